The number of rotatable bonds is 2. The van der Waals surface area contributed by atoms with Crippen molar-refractivity contribution in [3.05, 3.63) is 52.3 Å². The summed E-state index contributed by atoms with van der Waals surface area (Å²) in [6.45, 7) is 4.06. The molecular weight excluding hydrogens is 220 g/mol. The van der Waals surface area contributed by atoms with E-state index >= 15 is 0 Å². The Kier molecular flexibility index (Phi) is 3.35. The highest BCUT2D eigenvalue weighted by Gasteiger charge is 2.12. The Morgan fingerprint density at radius 3 is 2.50 bits per heavy atom. The molecule has 0 spiro atoms. The van der Waals surface area contributed by atoms with Gasteiger partial charge in [-0.15, -0.1) is 0 Å². The summed E-state index contributed by atoms with van der Waals surface area (Å²) in [6, 6.07) is 8.04. The minimum atomic E-state index is 0.863. The molecular formula is C14H15ClO. The van der Waals surface area contributed by atoms with Crippen molar-refractivity contribution in [3.8, 4) is 5.75 Å². The maximum absolute atomic E-state index is 6.11. The summed E-state index contributed by atoms with van der Waals surface area (Å²) in [5.74, 6) is 1.75. The van der Waals surface area contributed by atoms with E-state index in [4.69, 9.17) is 16.3 Å². The topological polar surface area (TPSA) is 9.23 Å². The van der Waals surface area contributed by atoms with Gasteiger partial charge in [-0.3, -0.25) is 0 Å². The summed E-state index contributed by atoms with van der Waals surface area (Å²) in [7, 11) is 0. The lowest BCUT2D eigenvalue weighted by Crippen LogP contribution is -2.02. The molecule has 2 heteroatoms. The van der Waals surface area contributed by atoms with Crippen molar-refractivity contribution in [2.45, 2.75) is 26.7 Å². The largest absolute Gasteiger partial charge is 0.457 e. The van der Waals surface area contributed by atoms with Crippen molar-refractivity contribution >= 4 is 11.6 Å². The third-order valence-corrected chi connectivity index (χ3v) is 3.19. The molecule has 0 N–H and O–H groups in total. The molecule has 1 aliphatic carbocycles. The van der Waals surface area contributed by atoms with E-state index in [0.717, 1.165) is 35.0 Å². The summed E-state index contributed by atoms with van der Waals surface area (Å²) in [6.07, 6.45) is 3.98. The first kappa shape index (κ1) is 11.3. The van der Waals surface area contributed by atoms with Crippen LogP contribution < -0.4 is 4.74 Å². The molecule has 1 aromatic carbocycles. The molecule has 84 valence electrons. The highest BCUT2D eigenvalue weighted by Crippen LogP contribution is 2.29. The summed E-state index contributed by atoms with van der Waals surface area (Å²) in [4.78, 5) is 0. The molecule has 0 aromatic heterocycles. The van der Waals surface area contributed by atoms with Gasteiger partial charge >= 0.3 is 0 Å². The molecule has 0 unspecified atom stereocenters. The van der Waals surface area contributed by atoms with Gasteiger partial charge in [0, 0.05) is 10.6 Å². The van der Waals surface area contributed by atoms with Crippen LogP contribution in [0.25, 0.3) is 0 Å². The molecule has 2 rings (SSSR count). The van der Waals surface area contributed by atoms with Gasteiger partial charge in [0.05, 0.1) is 0 Å². The lowest BCUT2D eigenvalue weighted by Gasteiger charge is -2.16. The van der Waals surface area contributed by atoms with Crippen LogP contribution in [0.1, 0.15) is 25.3 Å². The summed E-state index contributed by atoms with van der Waals surface area (Å²) < 4.78 is 5.81. The number of benzene rings is 1. The van der Waals surface area contributed by atoms with Crippen LogP contribution in [0.3, 0.4) is 0 Å². The normalized spacial score (nSPS) is 16.1. The standard InChI is InChI=1S/C14H15ClO/c1-10-6-8-12(9-7-10)16-14-5-3-4-13(15)11(14)2/h5-9H,3-4H2,1-2H3. The molecule has 0 radical (unpaired) electrons. The minimum Gasteiger partial charge on any atom is -0.457 e. The van der Waals surface area contributed by atoms with E-state index in [9.17, 15) is 0 Å². The van der Waals surface area contributed by atoms with Crippen molar-refractivity contribution in [3.63, 3.8) is 0 Å². The SMILES string of the molecule is CC1=C(Cl)CCC=C1Oc1ccc(C)cc1. The van der Waals surface area contributed by atoms with Gasteiger partial charge in [-0.05, 0) is 44.9 Å². The molecule has 0 fully saturated rings. The number of aryl methyl sites for hydroxylation is 1. The van der Waals surface area contributed by atoms with E-state index in [2.05, 4.69) is 13.0 Å². The zero-order valence-corrected chi connectivity index (χ0v) is 10.3. The van der Waals surface area contributed by atoms with Crippen molar-refractivity contribution in [2.24, 2.45) is 0 Å². The number of ether oxygens (including phenoxy) is 1. The number of hydrogen-bond acceptors (Lipinski definition) is 1. The number of halogens is 1. The zero-order valence-electron chi connectivity index (χ0n) is 9.59. The minimum absolute atomic E-state index is 0.863. The van der Waals surface area contributed by atoms with E-state index < -0.39 is 0 Å². The quantitative estimate of drug-likeness (QED) is 0.729. The van der Waals surface area contributed by atoms with Crippen molar-refractivity contribution in [1.82, 2.24) is 0 Å². The van der Waals surface area contributed by atoms with Crippen LogP contribution >= 0.6 is 11.6 Å². The smallest absolute Gasteiger partial charge is 0.127 e. The Bertz CT molecular complexity index is 440. The van der Waals surface area contributed by atoms with Gasteiger partial charge < -0.3 is 4.74 Å². The number of hydrogen-bond donors (Lipinski definition) is 0. The molecule has 0 heterocycles. The van der Waals surface area contributed by atoms with Gasteiger partial charge in [-0.2, -0.15) is 0 Å². The van der Waals surface area contributed by atoms with E-state index in [1.807, 2.05) is 31.2 Å². The van der Waals surface area contributed by atoms with Gasteiger partial charge in [-0.1, -0.05) is 29.3 Å². The average Bonchev–Trinajstić information content (AvgIpc) is 2.28. The number of allylic oxidation sites excluding steroid dienone is 3. The van der Waals surface area contributed by atoms with Crippen molar-refractivity contribution in [2.75, 3.05) is 0 Å². The van der Waals surface area contributed by atoms with Crippen LogP contribution in [0, 0.1) is 6.92 Å². The fourth-order valence-corrected chi connectivity index (χ4v) is 1.86. The maximum Gasteiger partial charge on any atom is 0.127 e. The van der Waals surface area contributed by atoms with Gasteiger partial charge in [0.15, 0.2) is 0 Å². The van der Waals surface area contributed by atoms with Crippen LogP contribution in [-0.2, 0) is 0 Å². The molecule has 0 bridgehead atoms. The van der Waals surface area contributed by atoms with Crippen LogP contribution in [0.2, 0.25) is 0 Å². The van der Waals surface area contributed by atoms with Gasteiger partial charge in [0.1, 0.15) is 11.5 Å². The first-order chi connectivity index (χ1) is 7.66. The molecule has 1 aromatic rings. The molecule has 0 saturated heterocycles. The third kappa shape index (κ3) is 2.48. The van der Waals surface area contributed by atoms with Crippen molar-refractivity contribution < 1.29 is 4.74 Å². The second-order valence-electron chi connectivity index (χ2n) is 4.05. The van der Waals surface area contributed by atoms with Crippen LogP contribution in [0.15, 0.2) is 46.7 Å². The fourth-order valence-electron chi connectivity index (χ4n) is 1.66. The Balaban J connectivity index is 2.16. The van der Waals surface area contributed by atoms with Crippen molar-refractivity contribution in [1.29, 1.82) is 0 Å². The Labute approximate surface area is 101 Å². The second-order valence-corrected chi connectivity index (χ2v) is 4.51. The first-order valence-corrected chi connectivity index (χ1v) is 5.85. The Morgan fingerprint density at radius 2 is 1.81 bits per heavy atom. The van der Waals surface area contributed by atoms with E-state index in [0.29, 0.717) is 0 Å². The molecule has 1 nitrogen and oxygen atoms in total. The molecule has 0 amide bonds. The zero-order chi connectivity index (χ0) is 11.5. The van der Waals surface area contributed by atoms with Gasteiger partial charge in [0.2, 0.25) is 0 Å². The molecule has 0 saturated carbocycles. The van der Waals surface area contributed by atoms with Gasteiger partial charge in [-0.25, -0.2) is 0 Å². The van der Waals surface area contributed by atoms with Gasteiger partial charge in [0.25, 0.3) is 0 Å². The lowest BCUT2D eigenvalue weighted by molar-refractivity contribution is 0.429. The predicted molar refractivity (Wildman–Crippen MR) is 67.7 cm³/mol. The second kappa shape index (κ2) is 4.75. The average molecular weight is 235 g/mol. The summed E-state index contributed by atoms with van der Waals surface area (Å²) >= 11 is 6.11. The lowest BCUT2D eigenvalue weighted by atomic mass is 10.1. The Morgan fingerprint density at radius 1 is 1.12 bits per heavy atom. The fraction of sp³-hybridized carbons (Fsp3) is 0.286. The molecule has 0 aliphatic heterocycles. The monoisotopic (exact) mass is 234 g/mol. The van der Waals surface area contributed by atoms with Crippen LogP contribution in [-0.4, -0.2) is 0 Å². The van der Waals surface area contributed by atoms with Crippen LogP contribution in [0.4, 0.5) is 0 Å². The summed E-state index contributed by atoms with van der Waals surface area (Å²) in [5, 5.41) is 0.907. The highest BCUT2D eigenvalue weighted by molar-refractivity contribution is 6.30. The molecule has 16 heavy (non-hydrogen) atoms. The molecule has 0 atom stereocenters. The van der Waals surface area contributed by atoms with E-state index in [-0.39, 0.29) is 0 Å². The maximum atomic E-state index is 6.11. The Hall–Kier alpha value is -1.21. The highest BCUT2D eigenvalue weighted by atomic mass is 35.5. The van der Waals surface area contributed by atoms with E-state index in [1.54, 1.807) is 0 Å². The predicted octanol–water partition coefficient (Wildman–Crippen LogP) is 4.56. The first-order valence-electron chi connectivity index (χ1n) is 5.47. The van der Waals surface area contributed by atoms with E-state index in [1.165, 1.54) is 5.56 Å². The summed E-state index contributed by atoms with van der Waals surface area (Å²) in [5.41, 5.74) is 2.28. The van der Waals surface area contributed by atoms with Crippen LogP contribution in [0.5, 0.6) is 5.75 Å². The third-order valence-electron chi connectivity index (χ3n) is 2.72. The molecule has 1 aliphatic rings.